The second kappa shape index (κ2) is 4.42. The molecule has 0 saturated heterocycles. The van der Waals surface area contributed by atoms with Gasteiger partial charge in [0.25, 0.3) is 0 Å². The standard InChI is InChI=1S/C18H28O2Si/c1-17(2,3)21(5,6)15-11-13-14(19)8-10-18(20-4)9-7-12(15)16(13)18/h8,10-13,16H,7,9H2,1-6H3/t12-,13-,16-,18-/m1/s1. The average molecular weight is 305 g/mol. The van der Waals surface area contributed by atoms with Gasteiger partial charge in [0, 0.05) is 18.9 Å². The lowest BCUT2D eigenvalue weighted by Crippen LogP contribution is -2.45. The van der Waals surface area contributed by atoms with Crippen molar-refractivity contribution in [1.29, 1.82) is 0 Å². The van der Waals surface area contributed by atoms with Gasteiger partial charge in [0.05, 0.1) is 13.7 Å². The van der Waals surface area contributed by atoms with Gasteiger partial charge in [-0.2, -0.15) is 0 Å². The summed E-state index contributed by atoms with van der Waals surface area (Å²) in [5, 5.41) is 1.95. The zero-order valence-electron chi connectivity index (χ0n) is 14.2. The number of carbonyl (C=O) groups is 1. The molecular formula is C18H28O2Si. The van der Waals surface area contributed by atoms with Crippen LogP contribution in [-0.4, -0.2) is 26.6 Å². The molecule has 0 aromatic heterocycles. The van der Waals surface area contributed by atoms with E-state index in [4.69, 9.17) is 4.74 Å². The molecular weight excluding hydrogens is 276 g/mol. The van der Waals surface area contributed by atoms with Crippen molar-refractivity contribution in [2.75, 3.05) is 7.11 Å². The first-order valence-electron chi connectivity index (χ1n) is 8.14. The first-order chi connectivity index (χ1) is 9.64. The van der Waals surface area contributed by atoms with E-state index in [1.165, 1.54) is 6.42 Å². The first-order valence-corrected chi connectivity index (χ1v) is 11.1. The van der Waals surface area contributed by atoms with Crippen LogP contribution in [0.5, 0.6) is 0 Å². The minimum Gasteiger partial charge on any atom is -0.374 e. The summed E-state index contributed by atoms with van der Waals surface area (Å²) in [6, 6.07) is 0. The molecule has 0 heterocycles. The number of rotatable bonds is 2. The number of methoxy groups -OCH3 is 1. The molecule has 3 aliphatic carbocycles. The molecule has 0 N–H and O–H groups in total. The fraction of sp³-hybridized carbons (Fsp3) is 0.722. The predicted octanol–water partition coefficient (Wildman–Crippen LogP) is 4.14. The van der Waals surface area contributed by atoms with Crippen LogP contribution in [0.25, 0.3) is 0 Å². The van der Waals surface area contributed by atoms with Gasteiger partial charge in [0.2, 0.25) is 0 Å². The zero-order valence-corrected chi connectivity index (χ0v) is 15.2. The van der Waals surface area contributed by atoms with Gasteiger partial charge in [-0.1, -0.05) is 45.1 Å². The molecule has 116 valence electrons. The minimum absolute atomic E-state index is 0.0616. The van der Waals surface area contributed by atoms with E-state index >= 15 is 0 Å². The van der Waals surface area contributed by atoms with Crippen LogP contribution in [0.4, 0.5) is 0 Å². The highest BCUT2D eigenvalue weighted by atomic mass is 28.3. The molecule has 2 nitrogen and oxygen atoms in total. The maximum Gasteiger partial charge on any atom is 0.162 e. The molecule has 4 atom stereocenters. The molecule has 0 spiro atoms. The number of carbonyl (C=O) groups excluding carboxylic acids is 1. The van der Waals surface area contributed by atoms with E-state index < -0.39 is 8.07 Å². The maximum atomic E-state index is 12.4. The quantitative estimate of drug-likeness (QED) is 0.717. The molecule has 0 unspecified atom stereocenters. The van der Waals surface area contributed by atoms with Crippen molar-refractivity contribution < 1.29 is 9.53 Å². The highest BCUT2D eigenvalue weighted by Crippen LogP contribution is 2.60. The second-order valence-corrected chi connectivity index (χ2v) is 13.9. The third-order valence-corrected chi connectivity index (χ3v) is 12.6. The summed E-state index contributed by atoms with van der Waals surface area (Å²) in [6.07, 6.45) is 8.42. The van der Waals surface area contributed by atoms with Gasteiger partial charge < -0.3 is 4.74 Å². The van der Waals surface area contributed by atoms with Crippen molar-refractivity contribution in [1.82, 2.24) is 0 Å². The van der Waals surface area contributed by atoms with E-state index in [-0.39, 0.29) is 17.3 Å². The van der Waals surface area contributed by atoms with Gasteiger partial charge in [-0.25, -0.2) is 0 Å². The van der Waals surface area contributed by atoms with E-state index in [0.29, 0.717) is 16.9 Å². The Labute approximate surface area is 129 Å². The van der Waals surface area contributed by atoms with Crippen molar-refractivity contribution in [3.05, 3.63) is 23.4 Å². The fourth-order valence-electron chi connectivity index (χ4n) is 4.59. The number of hydrogen-bond donors (Lipinski definition) is 0. The van der Waals surface area contributed by atoms with Crippen LogP contribution < -0.4 is 0 Å². The van der Waals surface area contributed by atoms with E-state index in [1.54, 1.807) is 11.3 Å². The van der Waals surface area contributed by atoms with Crippen molar-refractivity contribution in [3.63, 3.8) is 0 Å². The highest BCUT2D eigenvalue weighted by molar-refractivity contribution is 6.87. The van der Waals surface area contributed by atoms with Crippen molar-refractivity contribution in [2.45, 2.75) is 57.3 Å². The predicted molar refractivity (Wildman–Crippen MR) is 88.9 cm³/mol. The van der Waals surface area contributed by atoms with Crippen molar-refractivity contribution in [3.8, 4) is 0 Å². The average Bonchev–Trinajstić information content (AvgIpc) is 2.95. The van der Waals surface area contributed by atoms with Crippen molar-refractivity contribution in [2.24, 2.45) is 17.8 Å². The summed E-state index contributed by atoms with van der Waals surface area (Å²) in [6.45, 7) is 12.0. The third kappa shape index (κ3) is 1.90. The van der Waals surface area contributed by atoms with Crippen molar-refractivity contribution >= 4 is 13.9 Å². The summed E-state index contributed by atoms with van der Waals surface area (Å²) in [5.41, 5.74) is -0.191. The third-order valence-electron chi connectivity index (χ3n) is 6.82. The zero-order chi connectivity index (χ0) is 15.6. The Hall–Kier alpha value is -0.673. The Bertz CT molecular complexity index is 538. The number of ether oxygens (including phenoxy) is 1. The molecule has 0 bridgehead atoms. The van der Waals surface area contributed by atoms with Crippen LogP contribution in [0.3, 0.4) is 0 Å². The largest absolute Gasteiger partial charge is 0.374 e. The Morgan fingerprint density at radius 2 is 2.00 bits per heavy atom. The second-order valence-electron chi connectivity index (χ2n) is 8.59. The molecule has 0 radical (unpaired) electrons. The van der Waals surface area contributed by atoms with Gasteiger partial charge >= 0.3 is 0 Å². The molecule has 0 aromatic carbocycles. The molecule has 0 amide bonds. The van der Waals surface area contributed by atoms with Crippen LogP contribution in [0, 0.1) is 17.8 Å². The van der Waals surface area contributed by atoms with Gasteiger partial charge in [-0.15, -0.1) is 0 Å². The van der Waals surface area contributed by atoms with Crippen LogP contribution in [0.2, 0.25) is 18.1 Å². The number of ketones is 1. The van der Waals surface area contributed by atoms with Crippen LogP contribution in [0.15, 0.2) is 23.4 Å². The Morgan fingerprint density at radius 1 is 1.33 bits per heavy atom. The highest BCUT2D eigenvalue weighted by Gasteiger charge is 2.60. The first kappa shape index (κ1) is 15.2. The van der Waals surface area contributed by atoms with E-state index in [9.17, 15) is 4.79 Å². The summed E-state index contributed by atoms with van der Waals surface area (Å²) in [5.74, 6) is 1.26. The lowest BCUT2D eigenvalue weighted by atomic mass is 9.74. The normalized spacial score (nSPS) is 38.7. The molecule has 0 aromatic rings. The minimum atomic E-state index is -1.57. The molecule has 3 rings (SSSR count). The smallest absolute Gasteiger partial charge is 0.162 e. The Balaban J connectivity index is 2.07. The van der Waals surface area contributed by atoms with Crippen LogP contribution in [-0.2, 0) is 9.53 Å². The molecule has 1 fully saturated rings. The molecule has 0 aliphatic heterocycles. The maximum absolute atomic E-state index is 12.4. The van der Waals surface area contributed by atoms with Crippen LogP contribution in [0.1, 0.15) is 33.6 Å². The topological polar surface area (TPSA) is 26.3 Å². The molecule has 1 saturated carbocycles. The van der Waals surface area contributed by atoms with Gasteiger partial charge in [0.1, 0.15) is 0 Å². The van der Waals surface area contributed by atoms with E-state index in [2.05, 4.69) is 46.0 Å². The number of allylic oxidation sites excluding steroid dienone is 3. The summed E-state index contributed by atoms with van der Waals surface area (Å²) in [4.78, 5) is 12.4. The van der Waals surface area contributed by atoms with Gasteiger partial charge in [-0.3, -0.25) is 4.79 Å². The summed E-state index contributed by atoms with van der Waals surface area (Å²) < 4.78 is 5.92. The molecule has 3 aliphatic rings. The SMILES string of the molecule is CO[C@@]12C=CC(=O)[C@H]3C=C([Si](C)(C)C(C)(C)C)[C@@H](CC1)[C@H]32. The Morgan fingerprint density at radius 3 is 2.57 bits per heavy atom. The summed E-state index contributed by atoms with van der Waals surface area (Å²) in [7, 11) is 0.242. The monoisotopic (exact) mass is 304 g/mol. The molecule has 21 heavy (non-hydrogen) atoms. The molecule has 3 heteroatoms. The van der Waals surface area contributed by atoms with Gasteiger partial charge in [0.15, 0.2) is 5.78 Å². The lowest BCUT2D eigenvalue weighted by Gasteiger charge is -2.41. The fourth-order valence-corrected chi connectivity index (χ4v) is 7.30. The summed E-state index contributed by atoms with van der Waals surface area (Å²) >= 11 is 0. The van der Waals surface area contributed by atoms with E-state index in [1.807, 2.05) is 7.11 Å². The van der Waals surface area contributed by atoms with Gasteiger partial charge in [-0.05, 0) is 35.9 Å². The van der Waals surface area contributed by atoms with Crippen LogP contribution >= 0.6 is 0 Å². The number of hydrogen-bond acceptors (Lipinski definition) is 2. The Kier molecular flexibility index (Phi) is 3.21. The van der Waals surface area contributed by atoms with E-state index in [0.717, 1.165) is 6.42 Å². The lowest BCUT2D eigenvalue weighted by molar-refractivity contribution is -0.123.